The van der Waals surface area contributed by atoms with Crippen LogP contribution in [-0.2, 0) is 15.3 Å². The Labute approximate surface area is 116 Å². The van der Waals surface area contributed by atoms with Crippen LogP contribution in [-0.4, -0.2) is 18.8 Å². The minimum atomic E-state index is -0.185. The monoisotopic (exact) mass is 292 g/mol. The van der Waals surface area contributed by atoms with Gasteiger partial charge in [0.25, 0.3) is 0 Å². The summed E-state index contributed by atoms with van der Waals surface area (Å²) in [5.74, 6) is 1.15. The van der Waals surface area contributed by atoms with Gasteiger partial charge in [0.15, 0.2) is 0 Å². The van der Waals surface area contributed by atoms with Gasteiger partial charge in [-0.15, -0.1) is 0 Å². The van der Waals surface area contributed by atoms with Gasteiger partial charge < -0.3 is 4.74 Å². The first-order valence-electron chi connectivity index (χ1n) is 5.14. The van der Waals surface area contributed by atoms with Crippen molar-refractivity contribution in [2.24, 2.45) is 5.92 Å². The van der Waals surface area contributed by atoms with Crippen molar-refractivity contribution in [3.05, 3.63) is 33.8 Å². The summed E-state index contributed by atoms with van der Waals surface area (Å²) >= 11 is 13.6. The molecule has 0 aromatic heterocycles. The highest BCUT2D eigenvalue weighted by molar-refractivity contribution is 7.98. The van der Waals surface area contributed by atoms with Crippen molar-refractivity contribution in [1.29, 1.82) is 0 Å². The van der Waals surface area contributed by atoms with Gasteiger partial charge in [0.05, 0.1) is 13.0 Å². The Bertz CT molecular complexity index is 396. The Morgan fingerprint density at radius 1 is 1.47 bits per heavy atom. The third kappa shape index (κ3) is 4.78. The second-order valence-electron chi connectivity index (χ2n) is 3.68. The number of benzene rings is 1. The van der Waals surface area contributed by atoms with Crippen molar-refractivity contribution in [2.45, 2.75) is 12.7 Å². The van der Waals surface area contributed by atoms with Crippen molar-refractivity contribution in [3.63, 3.8) is 0 Å². The van der Waals surface area contributed by atoms with Crippen LogP contribution >= 0.6 is 35.0 Å². The molecule has 0 aliphatic carbocycles. The van der Waals surface area contributed by atoms with E-state index in [1.165, 1.54) is 7.11 Å². The Hall–Kier alpha value is -0.380. The van der Waals surface area contributed by atoms with E-state index in [1.807, 2.05) is 13.0 Å². The average Bonchev–Trinajstić information content (AvgIpc) is 2.32. The number of thioether (sulfide) groups is 1. The van der Waals surface area contributed by atoms with Gasteiger partial charge in [-0.3, -0.25) is 4.79 Å². The second-order valence-corrected chi connectivity index (χ2v) is 5.55. The number of hydrogen-bond donors (Lipinski definition) is 0. The van der Waals surface area contributed by atoms with Crippen molar-refractivity contribution < 1.29 is 9.53 Å². The van der Waals surface area contributed by atoms with E-state index in [0.717, 1.165) is 11.3 Å². The maximum atomic E-state index is 11.2. The van der Waals surface area contributed by atoms with Gasteiger partial charge in [0.1, 0.15) is 0 Å². The topological polar surface area (TPSA) is 26.3 Å². The van der Waals surface area contributed by atoms with Gasteiger partial charge in [-0.05, 0) is 23.8 Å². The van der Waals surface area contributed by atoms with E-state index in [-0.39, 0.29) is 11.9 Å². The molecule has 94 valence electrons. The molecule has 1 rings (SSSR count). The first kappa shape index (κ1) is 14.7. The lowest BCUT2D eigenvalue weighted by Gasteiger charge is -2.09. The third-order valence-corrected chi connectivity index (χ3v) is 4.09. The van der Waals surface area contributed by atoms with Crippen molar-refractivity contribution in [1.82, 2.24) is 0 Å². The molecule has 1 atom stereocenters. The van der Waals surface area contributed by atoms with Gasteiger partial charge in [-0.1, -0.05) is 30.1 Å². The zero-order valence-corrected chi connectivity index (χ0v) is 12.0. The largest absolute Gasteiger partial charge is 0.469 e. The summed E-state index contributed by atoms with van der Waals surface area (Å²) in [6.45, 7) is 1.85. The predicted molar refractivity (Wildman–Crippen MR) is 73.8 cm³/mol. The SMILES string of the molecule is COC(=O)C(C)CSCc1cc(Cl)ccc1Cl. The van der Waals surface area contributed by atoms with Crippen molar-refractivity contribution in [3.8, 4) is 0 Å². The molecule has 0 fully saturated rings. The summed E-state index contributed by atoms with van der Waals surface area (Å²) in [5, 5.41) is 1.37. The van der Waals surface area contributed by atoms with Gasteiger partial charge in [0, 0.05) is 21.6 Å². The Kier molecular flexibility index (Phi) is 6.17. The van der Waals surface area contributed by atoms with Crippen LogP contribution in [0.3, 0.4) is 0 Å². The standard InChI is InChI=1S/C12H14Cl2O2S/c1-8(12(15)16-2)6-17-7-9-5-10(13)3-4-11(9)14/h3-5,8H,6-7H2,1-2H3. The van der Waals surface area contributed by atoms with Crippen LogP contribution in [0.15, 0.2) is 18.2 Å². The van der Waals surface area contributed by atoms with E-state index in [4.69, 9.17) is 23.2 Å². The maximum absolute atomic E-state index is 11.2. The molecule has 0 spiro atoms. The predicted octanol–water partition coefficient (Wildman–Crippen LogP) is 4.04. The number of carbonyl (C=O) groups excluding carboxylic acids is 1. The average molecular weight is 293 g/mol. The van der Waals surface area contributed by atoms with Crippen LogP contribution in [0.5, 0.6) is 0 Å². The molecular formula is C12H14Cl2O2S. The molecule has 0 saturated heterocycles. The lowest BCUT2D eigenvalue weighted by atomic mass is 10.2. The first-order chi connectivity index (χ1) is 8.04. The molecule has 5 heteroatoms. The zero-order valence-electron chi connectivity index (χ0n) is 9.70. The molecule has 0 aliphatic heterocycles. The van der Waals surface area contributed by atoms with E-state index in [2.05, 4.69) is 4.74 Å². The first-order valence-corrected chi connectivity index (χ1v) is 7.05. The normalized spacial score (nSPS) is 12.2. The quantitative estimate of drug-likeness (QED) is 0.767. The molecule has 0 N–H and O–H groups in total. The van der Waals surface area contributed by atoms with Gasteiger partial charge in [-0.25, -0.2) is 0 Å². The van der Waals surface area contributed by atoms with E-state index >= 15 is 0 Å². The number of halogens is 2. The molecule has 0 amide bonds. The number of hydrogen-bond acceptors (Lipinski definition) is 3. The number of rotatable bonds is 5. The van der Waals surface area contributed by atoms with E-state index in [9.17, 15) is 4.79 Å². The van der Waals surface area contributed by atoms with E-state index < -0.39 is 0 Å². The number of carbonyl (C=O) groups is 1. The van der Waals surface area contributed by atoms with Crippen LogP contribution in [0, 0.1) is 5.92 Å². The summed E-state index contributed by atoms with van der Waals surface area (Å²) in [6.07, 6.45) is 0. The highest BCUT2D eigenvalue weighted by atomic mass is 35.5. The number of esters is 1. The highest BCUT2D eigenvalue weighted by Crippen LogP contribution is 2.25. The smallest absolute Gasteiger partial charge is 0.309 e. The molecular weight excluding hydrogens is 279 g/mol. The van der Waals surface area contributed by atoms with Crippen LogP contribution < -0.4 is 0 Å². The molecule has 1 aromatic rings. The highest BCUT2D eigenvalue weighted by Gasteiger charge is 2.13. The fourth-order valence-corrected chi connectivity index (χ4v) is 2.79. The lowest BCUT2D eigenvalue weighted by Crippen LogP contribution is -2.14. The molecule has 1 unspecified atom stereocenters. The fourth-order valence-electron chi connectivity index (χ4n) is 1.27. The molecule has 17 heavy (non-hydrogen) atoms. The van der Waals surface area contributed by atoms with E-state index in [1.54, 1.807) is 23.9 Å². The number of ether oxygens (including phenoxy) is 1. The van der Waals surface area contributed by atoms with Gasteiger partial charge >= 0.3 is 5.97 Å². The second kappa shape index (κ2) is 7.14. The molecule has 0 bridgehead atoms. The molecule has 0 radical (unpaired) electrons. The zero-order chi connectivity index (χ0) is 12.8. The third-order valence-electron chi connectivity index (χ3n) is 2.24. The molecule has 0 heterocycles. The van der Waals surface area contributed by atoms with Crippen LogP contribution in [0.1, 0.15) is 12.5 Å². The Morgan fingerprint density at radius 2 is 2.18 bits per heavy atom. The Balaban J connectivity index is 2.45. The number of methoxy groups -OCH3 is 1. The van der Waals surface area contributed by atoms with Crippen molar-refractivity contribution >= 4 is 40.9 Å². The Morgan fingerprint density at radius 3 is 2.82 bits per heavy atom. The van der Waals surface area contributed by atoms with Crippen LogP contribution in [0.4, 0.5) is 0 Å². The van der Waals surface area contributed by atoms with Gasteiger partial charge in [0.2, 0.25) is 0 Å². The summed E-state index contributed by atoms with van der Waals surface area (Å²) in [7, 11) is 1.40. The summed E-state index contributed by atoms with van der Waals surface area (Å²) in [4.78, 5) is 11.2. The summed E-state index contributed by atoms with van der Waals surface area (Å²) in [6, 6.07) is 5.39. The van der Waals surface area contributed by atoms with Crippen LogP contribution in [0.2, 0.25) is 10.0 Å². The molecule has 1 aromatic carbocycles. The minimum Gasteiger partial charge on any atom is -0.469 e. The summed E-state index contributed by atoms with van der Waals surface area (Å²) < 4.78 is 4.66. The van der Waals surface area contributed by atoms with Crippen LogP contribution in [0.25, 0.3) is 0 Å². The van der Waals surface area contributed by atoms with E-state index in [0.29, 0.717) is 15.8 Å². The molecule has 0 aliphatic rings. The minimum absolute atomic E-state index is 0.108. The van der Waals surface area contributed by atoms with Crippen molar-refractivity contribution in [2.75, 3.05) is 12.9 Å². The maximum Gasteiger partial charge on any atom is 0.309 e. The van der Waals surface area contributed by atoms with Gasteiger partial charge in [-0.2, -0.15) is 11.8 Å². The summed E-state index contributed by atoms with van der Waals surface area (Å²) in [5.41, 5.74) is 0.987. The lowest BCUT2D eigenvalue weighted by molar-refractivity contribution is -0.143. The fraction of sp³-hybridized carbons (Fsp3) is 0.417. The molecule has 2 nitrogen and oxygen atoms in total. The molecule has 0 saturated carbocycles.